The number of H-pyrrole nitrogens is 1. The highest BCUT2D eigenvalue weighted by Crippen LogP contribution is 2.13. The molecule has 2 aromatic rings. The molecule has 5 nitrogen and oxygen atoms in total. The fourth-order valence-corrected chi connectivity index (χ4v) is 1.73. The third-order valence-corrected chi connectivity index (χ3v) is 2.75. The van der Waals surface area contributed by atoms with E-state index in [-0.39, 0.29) is 18.8 Å². The molecule has 0 spiro atoms. The van der Waals surface area contributed by atoms with Crippen molar-refractivity contribution in [1.29, 1.82) is 0 Å². The molecular weight excluding hydrogens is 258 g/mol. The zero-order valence-electron chi connectivity index (χ0n) is 11.1. The number of aromatic nitrogens is 1. The quantitative estimate of drug-likeness (QED) is 0.645. The van der Waals surface area contributed by atoms with Crippen LogP contribution in [0.5, 0.6) is 5.75 Å². The van der Waals surface area contributed by atoms with E-state index < -0.39 is 5.97 Å². The van der Waals surface area contributed by atoms with E-state index in [1.807, 2.05) is 0 Å². The Kier molecular flexibility index (Phi) is 4.55. The van der Waals surface area contributed by atoms with E-state index in [0.29, 0.717) is 11.4 Å². The lowest BCUT2D eigenvalue weighted by molar-refractivity contribution is -0.141. The third-order valence-electron chi connectivity index (χ3n) is 2.75. The van der Waals surface area contributed by atoms with Crippen molar-refractivity contribution in [2.24, 2.45) is 0 Å². The van der Waals surface area contributed by atoms with Crippen LogP contribution >= 0.6 is 0 Å². The number of aromatic amines is 1. The van der Waals surface area contributed by atoms with Crippen molar-refractivity contribution in [2.75, 3.05) is 13.7 Å². The zero-order chi connectivity index (χ0) is 14.4. The van der Waals surface area contributed by atoms with Crippen LogP contribution in [-0.2, 0) is 16.0 Å². The predicted molar refractivity (Wildman–Crippen MR) is 72.8 cm³/mol. The number of benzene rings is 1. The lowest BCUT2D eigenvalue weighted by atomic mass is 10.1. The Bertz CT molecular complexity index is 590. The van der Waals surface area contributed by atoms with Gasteiger partial charge in [-0.05, 0) is 29.8 Å². The van der Waals surface area contributed by atoms with Crippen LogP contribution in [0, 0.1) is 0 Å². The number of rotatable bonds is 6. The van der Waals surface area contributed by atoms with Gasteiger partial charge in [0.05, 0.1) is 19.2 Å². The second-order valence-corrected chi connectivity index (χ2v) is 4.20. The Morgan fingerprint density at radius 2 is 2.05 bits per heavy atom. The Balaban J connectivity index is 1.85. The molecule has 1 aromatic carbocycles. The van der Waals surface area contributed by atoms with Gasteiger partial charge in [0.25, 0.3) is 0 Å². The van der Waals surface area contributed by atoms with Crippen LogP contribution in [0.15, 0.2) is 42.6 Å². The van der Waals surface area contributed by atoms with E-state index in [4.69, 9.17) is 9.47 Å². The number of carbonyl (C=O) groups excluding carboxylic acids is 2. The van der Waals surface area contributed by atoms with Crippen molar-refractivity contribution in [2.45, 2.75) is 6.42 Å². The number of esters is 1. The molecule has 0 aliphatic carbocycles. The fraction of sp³-hybridized carbons (Fsp3) is 0.200. The Labute approximate surface area is 116 Å². The summed E-state index contributed by atoms with van der Waals surface area (Å²) in [6.07, 6.45) is 1.75. The van der Waals surface area contributed by atoms with Crippen molar-refractivity contribution in [3.05, 3.63) is 53.9 Å². The van der Waals surface area contributed by atoms with E-state index in [9.17, 15) is 9.59 Å². The molecule has 5 heteroatoms. The average molecular weight is 273 g/mol. The van der Waals surface area contributed by atoms with Crippen LogP contribution in [-0.4, -0.2) is 30.5 Å². The summed E-state index contributed by atoms with van der Waals surface area (Å²) >= 11 is 0. The van der Waals surface area contributed by atoms with Gasteiger partial charge in [-0.15, -0.1) is 0 Å². The highest BCUT2D eigenvalue weighted by atomic mass is 16.5. The Hall–Kier alpha value is -2.56. The number of ether oxygens (including phenoxy) is 2. The molecule has 0 bridgehead atoms. The van der Waals surface area contributed by atoms with Crippen molar-refractivity contribution >= 4 is 11.8 Å². The minimum atomic E-state index is -0.446. The van der Waals surface area contributed by atoms with Gasteiger partial charge in [-0.3, -0.25) is 9.59 Å². The van der Waals surface area contributed by atoms with Gasteiger partial charge < -0.3 is 14.5 Å². The molecule has 0 saturated heterocycles. The second-order valence-electron chi connectivity index (χ2n) is 4.20. The van der Waals surface area contributed by atoms with Gasteiger partial charge >= 0.3 is 5.97 Å². The van der Waals surface area contributed by atoms with Crippen molar-refractivity contribution < 1.29 is 19.1 Å². The number of hydrogen-bond acceptors (Lipinski definition) is 4. The average Bonchev–Trinajstić information content (AvgIpc) is 2.99. The van der Waals surface area contributed by atoms with Gasteiger partial charge in [-0.2, -0.15) is 0 Å². The van der Waals surface area contributed by atoms with Gasteiger partial charge in [0, 0.05) is 6.20 Å². The molecule has 1 heterocycles. The van der Waals surface area contributed by atoms with E-state index >= 15 is 0 Å². The fourth-order valence-electron chi connectivity index (χ4n) is 1.73. The standard InChI is InChI=1S/C15H15NO4/c1-19-12-5-2-4-11(8-12)9-15(18)20-10-14(17)13-6-3-7-16-13/h2-8,16H,9-10H2,1H3. The van der Waals surface area contributed by atoms with Crippen molar-refractivity contribution in [3.63, 3.8) is 0 Å². The molecule has 0 unspecified atom stereocenters. The van der Waals surface area contributed by atoms with E-state index in [1.165, 1.54) is 0 Å². The summed E-state index contributed by atoms with van der Waals surface area (Å²) in [6, 6.07) is 10.5. The summed E-state index contributed by atoms with van der Waals surface area (Å²) < 4.78 is 10.0. The lowest BCUT2D eigenvalue weighted by Crippen LogP contribution is -2.15. The van der Waals surface area contributed by atoms with Crippen LogP contribution in [0.3, 0.4) is 0 Å². The van der Waals surface area contributed by atoms with Crippen LogP contribution in [0.1, 0.15) is 16.1 Å². The molecule has 0 radical (unpaired) electrons. The molecule has 20 heavy (non-hydrogen) atoms. The van der Waals surface area contributed by atoms with Gasteiger partial charge in [-0.1, -0.05) is 12.1 Å². The maximum absolute atomic E-state index is 11.7. The lowest BCUT2D eigenvalue weighted by Gasteiger charge is -2.05. The molecule has 0 amide bonds. The highest BCUT2D eigenvalue weighted by Gasteiger charge is 2.11. The van der Waals surface area contributed by atoms with Crippen LogP contribution in [0.25, 0.3) is 0 Å². The first-order chi connectivity index (χ1) is 9.69. The zero-order valence-corrected chi connectivity index (χ0v) is 11.1. The highest BCUT2D eigenvalue weighted by molar-refractivity contribution is 5.96. The molecule has 2 rings (SSSR count). The second kappa shape index (κ2) is 6.56. The van der Waals surface area contributed by atoms with Gasteiger partial charge in [0.2, 0.25) is 5.78 Å². The first kappa shape index (κ1) is 13.9. The largest absolute Gasteiger partial charge is 0.497 e. The molecular formula is C15H15NO4. The van der Waals surface area contributed by atoms with Gasteiger partial charge in [-0.25, -0.2) is 0 Å². The Morgan fingerprint density at radius 1 is 1.20 bits per heavy atom. The van der Waals surface area contributed by atoms with Crippen LogP contribution in [0.2, 0.25) is 0 Å². The van der Waals surface area contributed by atoms with Crippen molar-refractivity contribution in [1.82, 2.24) is 4.98 Å². The molecule has 0 fully saturated rings. The normalized spacial score (nSPS) is 10.1. The number of methoxy groups -OCH3 is 1. The third kappa shape index (κ3) is 3.71. The molecule has 0 aliphatic heterocycles. The minimum Gasteiger partial charge on any atom is -0.497 e. The van der Waals surface area contributed by atoms with E-state index in [2.05, 4.69) is 4.98 Å². The summed E-state index contributed by atoms with van der Waals surface area (Å²) in [6.45, 7) is -0.261. The SMILES string of the molecule is COc1cccc(CC(=O)OCC(=O)c2ccc[nH]2)c1. The topological polar surface area (TPSA) is 68.4 Å². The Morgan fingerprint density at radius 3 is 2.75 bits per heavy atom. The molecule has 0 saturated carbocycles. The minimum absolute atomic E-state index is 0.106. The van der Waals surface area contributed by atoms with Gasteiger partial charge in [0.1, 0.15) is 5.75 Å². The maximum Gasteiger partial charge on any atom is 0.310 e. The summed E-state index contributed by atoms with van der Waals surface area (Å²) in [7, 11) is 1.56. The predicted octanol–water partition coefficient (Wildman–Crippen LogP) is 1.99. The van der Waals surface area contributed by atoms with Crippen molar-refractivity contribution in [3.8, 4) is 5.75 Å². The number of carbonyl (C=O) groups is 2. The smallest absolute Gasteiger partial charge is 0.310 e. The summed E-state index contributed by atoms with van der Waals surface area (Å²) in [5, 5.41) is 0. The maximum atomic E-state index is 11.7. The van der Waals surface area contributed by atoms with E-state index in [1.54, 1.807) is 49.7 Å². The number of nitrogens with one attached hydrogen (secondary N) is 1. The first-order valence-electron chi connectivity index (χ1n) is 6.14. The first-order valence-corrected chi connectivity index (χ1v) is 6.14. The molecule has 0 atom stereocenters. The number of Topliss-reactive ketones (excluding diaryl/α,β-unsaturated/α-hetero) is 1. The van der Waals surface area contributed by atoms with Crippen LogP contribution < -0.4 is 4.74 Å². The number of hydrogen-bond donors (Lipinski definition) is 1. The molecule has 0 aliphatic rings. The monoisotopic (exact) mass is 273 g/mol. The molecule has 1 N–H and O–H groups in total. The summed E-state index contributed by atoms with van der Waals surface area (Å²) in [5.74, 6) is -0.0232. The van der Waals surface area contributed by atoms with E-state index in [0.717, 1.165) is 5.56 Å². The number of ketones is 1. The molecule has 1 aromatic heterocycles. The summed E-state index contributed by atoms with van der Waals surface area (Å²) in [4.78, 5) is 26.1. The van der Waals surface area contributed by atoms with Crippen LogP contribution in [0.4, 0.5) is 0 Å². The molecule has 104 valence electrons. The summed E-state index contributed by atoms with van der Waals surface area (Å²) in [5.41, 5.74) is 1.21. The van der Waals surface area contributed by atoms with Gasteiger partial charge in [0.15, 0.2) is 6.61 Å².